The molecule has 0 spiro atoms. The summed E-state index contributed by atoms with van der Waals surface area (Å²) in [4.78, 5) is 17.5. The minimum atomic E-state index is -1.51. The smallest absolute Gasteiger partial charge is 0.260 e. The molecule has 4 rings (SSSR count). The molecule has 1 aliphatic rings. The van der Waals surface area contributed by atoms with Crippen molar-refractivity contribution in [3.05, 3.63) is 52.8 Å². The molecule has 1 N–H and O–H groups in total. The molecule has 152 valence electrons. The van der Waals surface area contributed by atoms with E-state index in [-0.39, 0.29) is 41.7 Å². The van der Waals surface area contributed by atoms with Crippen molar-refractivity contribution in [2.24, 2.45) is 0 Å². The Labute approximate surface area is 164 Å². The van der Waals surface area contributed by atoms with E-state index in [0.29, 0.717) is 6.07 Å². The minimum Gasteiger partial charge on any atom is -0.378 e. The average molecular weight is 429 g/mol. The van der Waals surface area contributed by atoms with Gasteiger partial charge in [-0.25, -0.2) is 26.9 Å². The van der Waals surface area contributed by atoms with Crippen LogP contribution in [0.25, 0.3) is 10.2 Å². The number of nitrogens with zero attached hydrogens (tertiary/aromatic N) is 2. The number of halogens is 5. The van der Waals surface area contributed by atoms with Crippen molar-refractivity contribution in [2.75, 3.05) is 36.5 Å². The van der Waals surface area contributed by atoms with Crippen LogP contribution in [-0.4, -0.2) is 37.2 Å². The second-order valence-corrected chi connectivity index (χ2v) is 7.22. The standard InChI is InChI=1S/C18H12F5N3O2S/c19-9-6-12-13(7-10(9)20)29-18(24-12)25-17(27)8-5-11(21)16(15(23)14(8)22)26-1-3-28-4-2-26/h5-7H,1-4H2,(H,24,25,27). The molecule has 1 aliphatic heterocycles. The van der Waals surface area contributed by atoms with Gasteiger partial charge < -0.3 is 9.64 Å². The zero-order valence-electron chi connectivity index (χ0n) is 14.6. The van der Waals surface area contributed by atoms with Crippen LogP contribution in [0.5, 0.6) is 0 Å². The van der Waals surface area contributed by atoms with Gasteiger partial charge in [-0.05, 0) is 12.1 Å². The van der Waals surface area contributed by atoms with Gasteiger partial charge in [0.25, 0.3) is 5.91 Å². The van der Waals surface area contributed by atoms with E-state index in [4.69, 9.17) is 4.74 Å². The van der Waals surface area contributed by atoms with Gasteiger partial charge in [0.2, 0.25) is 0 Å². The molecule has 1 amide bonds. The van der Waals surface area contributed by atoms with Gasteiger partial charge in [-0.1, -0.05) is 11.3 Å². The van der Waals surface area contributed by atoms with Crippen molar-refractivity contribution >= 4 is 38.3 Å². The third-order valence-electron chi connectivity index (χ3n) is 4.36. The van der Waals surface area contributed by atoms with Crippen LogP contribution in [0.3, 0.4) is 0 Å². The van der Waals surface area contributed by atoms with Gasteiger partial charge in [-0.3, -0.25) is 10.1 Å². The summed E-state index contributed by atoms with van der Waals surface area (Å²) >= 11 is 0.801. The summed E-state index contributed by atoms with van der Waals surface area (Å²) in [6.45, 7) is 0.832. The number of carbonyl (C=O) groups is 1. The number of nitrogens with one attached hydrogen (secondary N) is 1. The molecule has 2 aromatic carbocycles. The molecular formula is C18H12F5N3O2S. The Morgan fingerprint density at radius 1 is 1.00 bits per heavy atom. The number of fused-ring (bicyclic) bond motifs is 1. The number of amides is 1. The predicted octanol–water partition coefficient (Wildman–Crippen LogP) is 4.08. The number of morpholine rings is 1. The summed E-state index contributed by atoms with van der Waals surface area (Å²) in [5.74, 6) is -7.44. The Balaban J connectivity index is 1.63. The predicted molar refractivity (Wildman–Crippen MR) is 96.8 cm³/mol. The number of aromatic nitrogens is 1. The molecule has 1 fully saturated rings. The molecule has 0 aliphatic carbocycles. The largest absolute Gasteiger partial charge is 0.378 e. The van der Waals surface area contributed by atoms with Crippen molar-refractivity contribution in [1.82, 2.24) is 4.98 Å². The second kappa shape index (κ2) is 7.56. The highest BCUT2D eigenvalue weighted by Gasteiger charge is 2.27. The molecule has 0 bridgehead atoms. The van der Waals surface area contributed by atoms with Crippen molar-refractivity contribution in [3.63, 3.8) is 0 Å². The van der Waals surface area contributed by atoms with Crippen molar-refractivity contribution < 1.29 is 31.5 Å². The molecule has 1 aromatic heterocycles. The van der Waals surface area contributed by atoms with Gasteiger partial charge in [-0.15, -0.1) is 0 Å². The SMILES string of the molecule is O=C(Nc1nc2cc(F)c(F)cc2s1)c1cc(F)c(N2CCOCC2)c(F)c1F. The van der Waals surface area contributed by atoms with Crippen LogP contribution >= 0.6 is 11.3 Å². The maximum Gasteiger partial charge on any atom is 0.260 e. The summed E-state index contributed by atoms with van der Waals surface area (Å²) < 4.78 is 75.3. The summed E-state index contributed by atoms with van der Waals surface area (Å²) in [5, 5.41) is 2.09. The zero-order chi connectivity index (χ0) is 20.7. The first-order valence-electron chi connectivity index (χ1n) is 8.42. The van der Waals surface area contributed by atoms with Crippen LogP contribution in [0.15, 0.2) is 18.2 Å². The van der Waals surface area contributed by atoms with Gasteiger partial charge >= 0.3 is 0 Å². The van der Waals surface area contributed by atoms with E-state index in [1.54, 1.807) is 0 Å². The molecule has 5 nitrogen and oxygen atoms in total. The third-order valence-corrected chi connectivity index (χ3v) is 5.29. The monoisotopic (exact) mass is 429 g/mol. The Morgan fingerprint density at radius 2 is 1.69 bits per heavy atom. The summed E-state index contributed by atoms with van der Waals surface area (Å²) in [5.41, 5.74) is -1.34. The van der Waals surface area contributed by atoms with E-state index in [2.05, 4.69) is 10.3 Å². The van der Waals surface area contributed by atoms with Crippen LogP contribution in [0.1, 0.15) is 10.4 Å². The quantitative estimate of drug-likeness (QED) is 0.504. The highest BCUT2D eigenvalue weighted by molar-refractivity contribution is 7.22. The zero-order valence-corrected chi connectivity index (χ0v) is 15.4. The summed E-state index contributed by atoms with van der Waals surface area (Å²) in [7, 11) is 0. The number of rotatable bonds is 3. The van der Waals surface area contributed by atoms with Crippen LogP contribution in [0, 0.1) is 29.1 Å². The van der Waals surface area contributed by atoms with E-state index in [1.165, 1.54) is 4.90 Å². The lowest BCUT2D eigenvalue weighted by atomic mass is 10.1. The lowest BCUT2D eigenvalue weighted by molar-refractivity contribution is 0.102. The van der Waals surface area contributed by atoms with Crippen LogP contribution in [0.4, 0.5) is 32.8 Å². The molecule has 0 unspecified atom stereocenters. The number of ether oxygens (including phenoxy) is 1. The van der Waals surface area contributed by atoms with Gasteiger partial charge in [0.15, 0.2) is 34.2 Å². The van der Waals surface area contributed by atoms with Crippen molar-refractivity contribution in [3.8, 4) is 0 Å². The Hall–Kier alpha value is -2.79. The number of hydrogen-bond donors (Lipinski definition) is 1. The number of anilines is 2. The molecule has 3 aromatic rings. The first-order valence-corrected chi connectivity index (χ1v) is 9.24. The maximum absolute atomic E-state index is 14.5. The lowest BCUT2D eigenvalue weighted by Crippen LogP contribution is -2.37. The fraction of sp³-hybridized carbons (Fsp3) is 0.222. The van der Waals surface area contributed by atoms with E-state index in [0.717, 1.165) is 23.5 Å². The van der Waals surface area contributed by atoms with E-state index < -0.39 is 46.2 Å². The Bertz CT molecular complexity index is 1080. The summed E-state index contributed by atoms with van der Waals surface area (Å²) in [6, 6.07) is 2.34. The number of thiazole rings is 1. The molecule has 2 heterocycles. The van der Waals surface area contributed by atoms with E-state index >= 15 is 0 Å². The van der Waals surface area contributed by atoms with Gasteiger partial charge in [0.05, 0.1) is 29.0 Å². The number of benzene rings is 2. The minimum absolute atomic E-state index is 0.0738. The Morgan fingerprint density at radius 3 is 2.41 bits per heavy atom. The molecule has 0 atom stereocenters. The van der Waals surface area contributed by atoms with Crippen LogP contribution in [-0.2, 0) is 4.74 Å². The van der Waals surface area contributed by atoms with Gasteiger partial charge in [0.1, 0.15) is 5.69 Å². The molecule has 0 saturated carbocycles. The van der Waals surface area contributed by atoms with Crippen LogP contribution in [0.2, 0.25) is 0 Å². The summed E-state index contributed by atoms with van der Waals surface area (Å²) in [6.07, 6.45) is 0. The average Bonchev–Trinajstić information content (AvgIpc) is 3.06. The topological polar surface area (TPSA) is 54.5 Å². The Kier molecular flexibility index (Phi) is 5.09. The fourth-order valence-corrected chi connectivity index (χ4v) is 3.84. The molecule has 0 radical (unpaired) electrons. The highest BCUT2D eigenvalue weighted by atomic mass is 32.1. The highest BCUT2D eigenvalue weighted by Crippen LogP contribution is 2.31. The van der Waals surface area contributed by atoms with Gasteiger partial charge in [-0.2, -0.15) is 0 Å². The van der Waals surface area contributed by atoms with E-state index in [1.807, 2.05) is 0 Å². The molecule has 11 heteroatoms. The number of hydrogen-bond acceptors (Lipinski definition) is 5. The lowest BCUT2D eigenvalue weighted by Gasteiger charge is -2.29. The number of carbonyl (C=O) groups excluding carboxylic acids is 1. The first kappa shape index (κ1) is 19.5. The molecule has 29 heavy (non-hydrogen) atoms. The first-order chi connectivity index (χ1) is 13.8. The van der Waals surface area contributed by atoms with Crippen molar-refractivity contribution in [2.45, 2.75) is 0 Å². The molecular weight excluding hydrogens is 417 g/mol. The van der Waals surface area contributed by atoms with Gasteiger partial charge in [0, 0.05) is 19.2 Å². The molecule has 1 saturated heterocycles. The van der Waals surface area contributed by atoms with Crippen LogP contribution < -0.4 is 10.2 Å². The third kappa shape index (κ3) is 3.62. The normalized spacial score (nSPS) is 14.4. The maximum atomic E-state index is 14.5. The second-order valence-electron chi connectivity index (χ2n) is 6.19. The fourth-order valence-electron chi connectivity index (χ4n) is 2.97. The van der Waals surface area contributed by atoms with E-state index in [9.17, 15) is 26.7 Å². The van der Waals surface area contributed by atoms with Crippen molar-refractivity contribution in [1.29, 1.82) is 0 Å².